The number of hydrogen-bond donors (Lipinski definition) is 3. The number of thiophene rings is 1. The van der Waals surface area contributed by atoms with E-state index in [1.165, 1.54) is 41.9 Å². The van der Waals surface area contributed by atoms with Gasteiger partial charge in [0, 0.05) is 22.7 Å². The van der Waals surface area contributed by atoms with E-state index in [-0.39, 0.29) is 17.1 Å². The zero-order valence-electron chi connectivity index (χ0n) is 13.7. The van der Waals surface area contributed by atoms with E-state index in [0.717, 1.165) is 21.3 Å². The minimum Gasteiger partial charge on any atom is -0.507 e. The van der Waals surface area contributed by atoms with Crippen molar-refractivity contribution >= 4 is 39.0 Å². The van der Waals surface area contributed by atoms with Gasteiger partial charge in [0.25, 0.3) is 0 Å². The summed E-state index contributed by atoms with van der Waals surface area (Å²) in [7, 11) is 0. The Kier molecular flexibility index (Phi) is 4.17. The molecular weight excluding hydrogens is 369 g/mol. The van der Waals surface area contributed by atoms with Crippen molar-refractivity contribution in [2.24, 2.45) is 0 Å². The van der Waals surface area contributed by atoms with Crippen molar-refractivity contribution in [2.45, 2.75) is 0 Å². The van der Waals surface area contributed by atoms with Crippen LogP contribution >= 0.6 is 11.3 Å². The topological polar surface area (TPSA) is 95.3 Å². The number of rotatable bonds is 4. The molecule has 27 heavy (non-hydrogen) atoms. The summed E-state index contributed by atoms with van der Waals surface area (Å²) in [5, 5.41) is 24.7. The molecule has 6 nitrogen and oxygen atoms in total. The van der Waals surface area contributed by atoms with Crippen molar-refractivity contribution in [3.63, 3.8) is 0 Å². The number of fused-ring (bicyclic) bond motifs is 1. The molecule has 0 aliphatic carbocycles. The number of benzene rings is 2. The summed E-state index contributed by atoms with van der Waals surface area (Å²) < 4.78 is 13.2. The first-order valence-corrected chi connectivity index (χ1v) is 8.72. The molecule has 4 aromatic rings. The molecule has 0 spiro atoms. The smallest absolute Gasteiger partial charge is 0.339 e. The molecule has 0 saturated heterocycles. The second-order valence-corrected chi connectivity index (χ2v) is 6.58. The van der Waals surface area contributed by atoms with Crippen LogP contribution in [0.3, 0.4) is 0 Å². The van der Waals surface area contributed by atoms with Crippen LogP contribution in [0.2, 0.25) is 0 Å². The molecule has 2 heterocycles. The lowest BCUT2D eigenvalue weighted by atomic mass is 10.1. The Hall–Kier alpha value is -3.52. The predicted molar refractivity (Wildman–Crippen MR) is 101 cm³/mol. The largest absolute Gasteiger partial charge is 0.507 e. The highest BCUT2D eigenvalue weighted by atomic mass is 32.1. The summed E-state index contributed by atoms with van der Waals surface area (Å²) >= 11 is 1.44. The van der Waals surface area contributed by atoms with Crippen LogP contribution in [0.1, 0.15) is 10.4 Å². The molecule has 0 radical (unpaired) electrons. The van der Waals surface area contributed by atoms with Gasteiger partial charge in [-0.25, -0.2) is 19.2 Å². The number of carbonyl (C=O) groups is 1. The zero-order valence-corrected chi connectivity index (χ0v) is 14.5. The molecule has 0 aliphatic rings. The fourth-order valence-corrected chi connectivity index (χ4v) is 3.65. The van der Waals surface area contributed by atoms with E-state index in [1.807, 2.05) is 5.38 Å². The Morgan fingerprint density at radius 3 is 2.59 bits per heavy atom. The number of carboxylic acid groups (broad SMARTS) is 1. The minimum absolute atomic E-state index is 0.184. The Morgan fingerprint density at radius 2 is 1.89 bits per heavy atom. The minimum atomic E-state index is -1.21. The lowest BCUT2D eigenvalue weighted by Gasteiger charge is -2.10. The van der Waals surface area contributed by atoms with Crippen LogP contribution in [0.25, 0.3) is 21.3 Å². The maximum Gasteiger partial charge on any atom is 0.339 e. The molecular formula is C19H12FN3O3S. The quantitative estimate of drug-likeness (QED) is 0.476. The van der Waals surface area contributed by atoms with Crippen LogP contribution in [-0.4, -0.2) is 26.2 Å². The lowest BCUT2D eigenvalue weighted by molar-refractivity contribution is 0.0694. The number of aromatic hydroxyl groups is 1. The summed E-state index contributed by atoms with van der Waals surface area (Å²) in [6, 6.07) is 10.3. The van der Waals surface area contributed by atoms with E-state index in [9.17, 15) is 14.3 Å². The summed E-state index contributed by atoms with van der Waals surface area (Å²) in [5.74, 6) is -1.37. The number of aromatic nitrogens is 2. The van der Waals surface area contributed by atoms with Crippen LogP contribution in [0.4, 0.5) is 15.9 Å². The molecule has 0 bridgehead atoms. The Labute approximate surface area is 156 Å². The van der Waals surface area contributed by atoms with Gasteiger partial charge in [0.15, 0.2) is 0 Å². The Bertz CT molecular complexity index is 1160. The number of phenols is 1. The van der Waals surface area contributed by atoms with Crippen LogP contribution in [0.5, 0.6) is 5.75 Å². The molecule has 0 aliphatic heterocycles. The highest BCUT2D eigenvalue weighted by molar-refractivity contribution is 7.17. The van der Waals surface area contributed by atoms with Gasteiger partial charge < -0.3 is 15.5 Å². The van der Waals surface area contributed by atoms with Gasteiger partial charge in [-0.1, -0.05) is 12.1 Å². The average Bonchev–Trinajstić information content (AvgIpc) is 3.07. The number of nitrogens with one attached hydrogen (secondary N) is 1. The lowest BCUT2D eigenvalue weighted by Crippen LogP contribution is -1.99. The van der Waals surface area contributed by atoms with Gasteiger partial charge in [-0.15, -0.1) is 11.3 Å². The number of halogens is 1. The van der Waals surface area contributed by atoms with Crippen molar-refractivity contribution < 1.29 is 19.4 Å². The first kappa shape index (κ1) is 16.9. The van der Waals surface area contributed by atoms with Gasteiger partial charge in [-0.2, -0.15) is 0 Å². The van der Waals surface area contributed by atoms with Gasteiger partial charge in [0.1, 0.15) is 34.1 Å². The molecule has 0 fully saturated rings. The summed E-state index contributed by atoms with van der Waals surface area (Å²) in [6.45, 7) is 0. The van der Waals surface area contributed by atoms with E-state index >= 15 is 0 Å². The van der Waals surface area contributed by atoms with Crippen LogP contribution in [0.15, 0.2) is 54.2 Å². The number of anilines is 2. The van der Waals surface area contributed by atoms with Gasteiger partial charge in [-0.05, 0) is 29.8 Å². The normalized spacial score (nSPS) is 10.9. The van der Waals surface area contributed by atoms with Crippen LogP contribution < -0.4 is 5.32 Å². The van der Waals surface area contributed by atoms with E-state index < -0.39 is 5.97 Å². The van der Waals surface area contributed by atoms with E-state index in [2.05, 4.69) is 15.3 Å². The zero-order chi connectivity index (χ0) is 19.0. The van der Waals surface area contributed by atoms with Crippen LogP contribution in [0, 0.1) is 5.82 Å². The van der Waals surface area contributed by atoms with Crippen molar-refractivity contribution in [2.75, 3.05) is 5.32 Å². The molecule has 134 valence electrons. The highest BCUT2D eigenvalue weighted by Gasteiger charge is 2.15. The van der Waals surface area contributed by atoms with E-state index in [0.29, 0.717) is 11.5 Å². The molecule has 0 amide bonds. The maximum absolute atomic E-state index is 13.2. The second-order valence-electron chi connectivity index (χ2n) is 5.72. The molecule has 3 N–H and O–H groups in total. The van der Waals surface area contributed by atoms with Crippen molar-refractivity contribution in [1.29, 1.82) is 0 Å². The number of hydrogen-bond acceptors (Lipinski definition) is 6. The molecule has 2 aromatic carbocycles. The molecule has 8 heteroatoms. The molecule has 0 saturated carbocycles. The molecule has 2 aromatic heterocycles. The fourth-order valence-electron chi connectivity index (χ4n) is 2.74. The second kappa shape index (κ2) is 6.65. The third kappa shape index (κ3) is 3.18. The monoisotopic (exact) mass is 381 g/mol. The average molecular weight is 381 g/mol. The Balaban J connectivity index is 1.78. The summed E-state index contributed by atoms with van der Waals surface area (Å²) in [5.41, 5.74) is 1.97. The number of aromatic carboxylic acids is 1. The number of carboxylic acids is 1. The predicted octanol–water partition coefficient (Wildman–Crippen LogP) is 4.64. The first-order chi connectivity index (χ1) is 13.0. The summed E-state index contributed by atoms with van der Waals surface area (Å²) in [4.78, 5) is 20.3. The molecule has 0 atom stereocenters. The highest BCUT2D eigenvalue weighted by Crippen LogP contribution is 2.37. The fraction of sp³-hybridized carbons (Fsp3) is 0. The third-order valence-corrected chi connectivity index (χ3v) is 4.90. The van der Waals surface area contributed by atoms with Crippen molar-refractivity contribution in [3.8, 4) is 16.9 Å². The standard InChI is InChI=1S/C19H12FN3O3S/c20-11-3-1-10(2-4-11)14-8-27-18-16(14)17(21-9-22-18)23-12-5-6-13(19(25)26)15(24)7-12/h1-9,24H,(H,25,26)(H,21,22,23). The van der Waals surface area contributed by atoms with Gasteiger partial charge >= 0.3 is 5.97 Å². The molecule has 4 rings (SSSR count). The molecule has 0 unspecified atom stereocenters. The van der Waals surface area contributed by atoms with Crippen molar-refractivity contribution in [3.05, 3.63) is 65.6 Å². The first-order valence-electron chi connectivity index (χ1n) is 7.84. The van der Waals surface area contributed by atoms with Gasteiger partial charge in [0.05, 0.1) is 5.39 Å². The van der Waals surface area contributed by atoms with E-state index in [4.69, 9.17) is 5.11 Å². The van der Waals surface area contributed by atoms with Gasteiger partial charge in [0.2, 0.25) is 0 Å². The van der Waals surface area contributed by atoms with Gasteiger partial charge in [-0.3, -0.25) is 0 Å². The Morgan fingerprint density at radius 1 is 1.11 bits per heavy atom. The van der Waals surface area contributed by atoms with Crippen LogP contribution in [-0.2, 0) is 0 Å². The maximum atomic E-state index is 13.2. The summed E-state index contributed by atoms with van der Waals surface area (Å²) in [6.07, 6.45) is 1.42. The SMILES string of the molecule is O=C(O)c1ccc(Nc2ncnc3scc(-c4ccc(F)cc4)c23)cc1O. The third-order valence-electron chi connectivity index (χ3n) is 4.02. The van der Waals surface area contributed by atoms with E-state index in [1.54, 1.807) is 18.2 Å². The van der Waals surface area contributed by atoms with Crippen molar-refractivity contribution in [1.82, 2.24) is 9.97 Å². The number of nitrogens with zero attached hydrogens (tertiary/aromatic N) is 2.